The van der Waals surface area contributed by atoms with E-state index in [9.17, 15) is 9.59 Å². The lowest BCUT2D eigenvalue weighted by Crippen LogP contribution is -2.55. The molecule has 0 N–H and O–H groups in total. The molecule has 5 rings (SSSR count). The number of rotatable bonds is 1. The van der Waals surface area contributed by atoms with Crippen LogP contribution in [0.2, 0.25) is 0 Å². The third-order valence-electron chi connectivity index (χ3n) is 6.09. The number of hydrogen-bond donors (Lipinski definition) is 0. The molecule has 2 bridgehead atoms. The topological polar surface area (TPSA) is 48.9 Å². The van der Waals surface area contributed by atoms with Gasteiger partial charge in [0.2, 0.25) is 0 Å². The molecule has 0 spiro atoms. The molecule has 0 unspecified atom stereocenters. The Morgan fingerprint density at radius 1 is 1.20 bits per heavy atom. The third kappa shape index (κ3) is 1.08. The van der Waals surface area contributed by atoms with Crippen molar-refractivity contribution in [1.29, 1.82) is 0 Å². The predicted molar refractivity (Wildman–Crippen MR) is 75.8 cm³/mol. The van der Waals surface area contributed by atoms with E-state index in [1.807, 2.05) is 0 Å². The highest BCUT2D eigenvalue weighted by atomic mass is 16.2. The fourth-order valence-corrected chi connectivity index (χ4v) is 5.19. The second-order valence-electron chi connectivity index (χ2n) is 6.90. The maximum atomic E-state index is 12.4. The van der Waals surface area contributed by atoms with Gasteiger partial charge in [0.05, 0.1) is 12.1 Å². The number of allylic oxidation sites excluding steroid dienone is 2. The predicted octanol–water partition coefficient (Wildman–Crippen LogP) is 1.46. The summed E-state index contributed by atoms with van der Waals surface area (Å²) < 4.78 is 4.69. The summed E-state index contributed by atoms with van der Waals surface area (Å²) >= 11 is 0. The van der Waals surface area contributed by atoms with Gasteiger partial charge in [0.25, 0.3) is 0 Å². The summed E-state index contributed by atoms with van der Waals surface area (Å²) in [7, 11) is 1.58. The minimum atomic E-state index is -0.168. The van der Waals surface area contributed by atoms with Gasteiger partial charge in [0, 0.05) is 12.5 Å². The van der Waals surface area contributed by atoms with E-state index in [-0.39, 0.29) is 28.9 Å². The molecule has 4 aliphatic rings. The van der Waals surface area contributed by atoms with E-state index in [4.69, 9.17) is 0 Å². The van der Waals surface area contributed by atoms with Crippen molar-refractivity contribution in [3.8, 4) is 0 Å². The van der Waals surface area contributed by atoms with Gasteiger partial charge in [-0.25, -0.2) is 23.5 Å². The molecule has 3 heterocycles. The van der Waals surface area contributed by atoms with E-state index in [2.05, 4.69) is 26.0 Å². The Morgan fingerprint density at radius 3 is 2.60 bits per heavy atom. The highest BCUT2D eigenvalue weighted by Crippen LogP contribution is 2.63. The maximum absolute atomic E-state index is 12.4. The summed E-state index contributed by atoms with van der Waals surface area (Å²) in [5.41, 5.74) is -0.185. The van der Waals surface area contributed by atoms with Crippen LogP contribution in [0.3, 0.4) is 0 Å². The molecule has 1 aromatic rings. The van der Waals surface area contributed by atoms with Crippen LogP contribution in [0, 0.1) is 17.3 Å². The van der Waals surface area contributed by atoms with Crippen molar-refractivity contribution >= 4 is 0 Å². The minimum absolute atomic E-state index is 0.0430. The summed E-state index contributed by atoms with van der Waals surface area (Å²) in [5.74, 6) is 1.01. The number of hydrogen-bond acceptors (Lipinski definition) is 2. The van der Waals surface area contributed by atoms with Crippen LogP contribution in [-0.4, -0.2) is 13.9 Å². The molecule has 2 aliphatic heterocycles. The van der Waals surface area contributed by atoms with Gasteiger partial charge in [-0.15, -0.1) is 0 Å². The molecule has 4 atom stereocenters. The summed E-state index contributed by atoms with van der Waals surface area (Å²) in [6.45, 7) is 4.53. The quantitative estimate of drug-likeness (QED) is 0.728. The van der Waals surface area contributed by atoms with E-state index in [1.165, 1.54) is 17.4 Å². The fraction of sp³-hybridized carbons (Fsp3) is 0.733. The number of nitrogens with zero attached hydrogens (tertiary/aromatic N) is 3. The first-order valence-electron chi connectivity index (χ1n) is 7.58. The van der Waals surface area contributed by atoms with Crippen molar-refractivity contribution in [2.75, 3.05) is 0 Å². The lowest BCUT2D eigenvalue weighted by molar-refractivity contribution is -0.0189. The molecule has 5 nitrogen and oxygen atoms in total. The fourth-order valence-electron chi connectivity index (χ4n) is 5.19. The molecule has 20 heavy (non-hydrogen) atoms. The average molecular weight is 275 g/mol. The Morgan fingerprint density at radius 2 is 1.90 bits per heavy atom. The van der Waals surface area contributed by atoms with Crippen LogP contribution in [-0.2, 0) is 7.05 Å². The van der Waals surface area contributed by atoms with E-state index in [1.54, 1.807) is 16.4 Å². The van der Waals surface area contributed by atoms with Crippen LogP contribution in [0.15, 0.2) is 21.7 Å². The second-order valence-corrected chi connectivity index (χ2v) is 6.90. The van der Waals surface area contributed by atoms with Crippen LogP contribution in [0.5, 0.6) is 0 Å². The van der Waals surface area contributed by atoms with E-state index >= 15 is 0 Å². The summed E-state index contributed by atoms with van der Waals surface area (Å²) in [5, 5.41) is 0. The summed E-state index contributed by atoms with van der Waals surface area (Å²) in [6, 6.07) is 0.104. The molecular weight excluding hydrogens is 254 g/mol. The molecule has 1 aromatic heterocycles. The lowest BCUT2D eigenvalue weighted by Gasteiger charge is -2.54. The van der Waals surface area contributed by atoms with Crippen molar-refractivity contribution < 1.29 is 0 Å². The van der Waals surface area contributed by atoms with Crippen molar-refractivity contribution in [2.45, 2.75) is 45.2 Å². The summed E-state index contributed by atoms with van der Waals surface area (Å²) in [4.78, 5) is 24.8. The van der Waals surface area contributed by atoms with E-state index < -0.39 is 0 Å². The van der Waals surface area contributed by atoms with Crippen molar-refractivity contribution in [3.05, 3.63) is 33.1 Å². The monoisotopic (exact) mass is 275 g/mol. The lowest BCUT2D eigenvalue weighted by atomic mass is 9.59. The molecule has 0 radical (unpaired) electrons. The van der Waals surface area contributed by atoms with Crippen LogP contribution in [0.1, 0.15) is 45.2 Å². The van der Waals surface area contributed by atoms with Crippen LogP contribution >= 0.6 is 0 Å². The second kappa shape index (κ2) is 3.57. The van der Waals surface area contributed by atoms with Gasteiger partial charge in [0.15, 0.2) is 0 Å². The van der Waals surface area contributed by atoms with Crippen LogP contribution in [0.4, 0.5) is 0 Å². The first kappa shape index (κ1) is 12.2. The Bertz CT molecular complexity index is 720. The average Bonchev–Trinajstić information content (AvgIpc) is 2.99. The van der Waals surface area contributed by atoms with Crippen LogP contribution < -0.4 is 11.4 Å². The van der Waals surface area contributed by atoms with Gasteiger partial charge < -0.3 is 0 Å². The maximum Gasteiger partial charge on any atom is 0.347 e. The van der Waals surface area contributed by atoms with Gasteiger partial charge >= 0.3 is 11.4 Å². The zero-order chi connectivity index (χ0) is 14.2. The molecule has 1 fully saturated rings. The Labute approximate surface area is 117 Å². The Kier molecular flexibility index (Phi) is 2.18. The standard InChI is InChI=1S/C15H21N3O2/c1-9(2)15-8-4-5-10(15)11-6-7-12(15)18-14(20)16(3)13(19)17(11)18/h6-7,9-12H,4-5,8H2,1-3H3/t10-,11+,12+,15-/m1/s1. The van der Waals surface area contributed by atoms with E-state index in [0.717, 1.165) is 6.42 Å². The highest BCUT2D eigenvalue weighted by molar-refractivity contribution is 5.21. The first-order valence-corrected chi connectivity index (χ1v) is 7.58. The third-order valence-corrected chi connectivity index (χ3v) is 6.09. The Hall–Kier alpha value is -1.52. The highest BCUT2D eigenvalue weighted by Gasteiger charge is 2.59. The zero-order valence-electron chi connectivity index (χ0n) is 12.2. The van der Waals surface area contributed by atoms with Crippen molar-refractivity contribution in [3.63, 3.8) is 0 Å². The molecule has 0 saturated heterocycles. The molecule has 0 aromatic carbocycles. The van der Waals surface area contributed by atoms with Gasteiger partial charge in [0.1, 0.15) is 0 Å². The van der Waals surface area contributed by atoms with Gasteiger partial charge in [-0.05, 0) is 24.7 Å². The molecular formula is C15H21N3O2. The van der Waals surface area contributed by atoms with Gasteiger partial charge in [-0.1, -0.05) is 32.4 Å². The smallest absolute Gasteiger partial charge is 0.246 e. The molecule has 2 aliphatic carbocycles. The molecule has 5 heteroatoms. The molecule has 1 saturated carbocycles. The normalized spacial score (nSPS) is 37.5. The van der Waals surface area contributed by atoms with Crippen LogP contribution in [0.25, 0.3) is 0 Å². The zero-order valence-corrected chi connectivity index (χ0v) is 12.2. The molecule has 0 amide bonds. The SMILES string of the molecule is CC(C)[C@]12CCC[C@@H]1[C@@H]1C=C[C@@H]2n2c(=O)n(C)c(=O)n21. The summed E-state index contributed by atoms with van der Waals surface area (Å²) in [6.07, 6.45) is 7.86. The van der Waals surface area contributed by atoms with Crippen molar-refractivity contribution in [2.24, 2.45) is 24.3 Å². The van der Waals surface area contributed by atoms with Gasteiger partial charge in [-0.3, -0.25) is 0 Å². The van der Waals surface area contributed by atoms with Gasteiger partial charge in [-0.2, -0.15) is 0 Å². The first-order chi connectivity index (χ1) is 9.50. The molecule has 108 valence electrons. The minimum Gasteiger partial charge on any atom is -0.246 e. The largest absolute Gasteiger partial charge is 0.347 e. The van der Waals surface area contributed by atoms with E-state index in [0.29, 0.717) is 11.8 Å². The van der Waals surface area contributed by atoms with Crippen molar-refractivity contribution in [1.82, 2.24) is 13.9 Å². The Balaban J connectivity index is 2.06. The number of aromatic nitrogens is 3.